The summed E-state index contributed by atoms with van der Waals surface area (Å²) in [5, 5.41) is 0.241. The molecule has 0 fully saturated rings. The highest BCUT2D eigenvalue weighted by molar-refractivity contribution is 7.90. The molecule has 1 aromatic carbocycles. The van der Waals surface area contributed by atoms with E-state index in [9.17, 15) is 13.3 Å². The van der Waals surface area contributed by atoms with E-state index in [4.69, 9.17) is 4.74 Å². The third kappa shape index (κ3) is 3.99. The van der Waals surface area contributed by atoms with E-state index >= 15 is 0 Å². The second-order valence-corrected chi connectivity index (χ2v) is 6.60. The van der Waals surface area contributed by atoms with Gasteiger partial charge in [-0.05, 0) is 19.1 Å². The first-order chi connectivity index (χ1) is 12.0. The molecule has 9 heteroatoms. The van der Waals surface area contributed by atoms with Crippen molar-refractivity contribution in [1.29, 1.82) is 0 Å². The van der Waals surface area contributed by atoms with Gasteiger partial charge in [-0.2, -0.15) is 13.8 Å². The minimum atomic E-state index is -2.91. The van der Waals surface area contributed by atoms with Crippen molar-refractivity contribution < 1.29 is 22.8 Å². The number of halogens is 2. The maximum atomic E-state index is 12.5. The van der Waals surface area contributed by atoms with Gasteiger partial charge in [-0.15, -0.1) is 0 Å². The highest BCUT2D eigenvalue weighted by Crippen LogP contribution is 2.24. The summed E-state index contributed by atoms with van der Waals surface area (Å²) in [5.74, 6) is 0.813. The summed E-state index contributed by atoms with van der Waals surface area (Å²) in [7, 11) is 1.56. The molecule has 0 aliphatic heterocycles. The van der Waals surface area contributed by atoms with Gasteiger partial charge in [-0.1, -0.05) is 0 Å². The van der Waals surface area contributed by atoms with Gasteiger partial charge in [0, 0.05) is 35.1 Å². The Kier molecular flexibility index (Phi) is 5.05. The zero-order chi connectivity index (χ0) is 18.0. The van der Waals surface area contributed by atoms with Gasteiger partial charge in [0.2, 0.25) is 0 Å². The second-order valence-electron chi connectivity index (χ2n) is 5.23. The first kappa shape index (κ1) is 17.4. The number of rotatable bonds is 6. The molecule has 25 heavy (non-hydrogen) atoms. The molecule has 0 bridgehead atoms. The summed E-state index contributed by atoms with van der Waals surface area (Å²) in [6.45, 7) is -1.04. The number of hydrogen-bond acceptors (Lipinski definition) is 5. The van der Waals surface area contributed by atoms with Crippen LogP contribution in [-0.2, 0) is 16.9 Å². The molecular weight excluding hydrogens is 352 g/mol. The minimum Gasteiger partial charge on any atom is -0.609 e. The predicted octanol–water partition coefficient (Wildman–Crippen LogP) is 3.18. The highest BCUT2D eigenvalue weighted by atomic mass is 32.2. The SMILES string of the molecule is COc1cc(C[S+]([O-])c2nc3cc(OC(F)F)ccc3[nH]2)ncc1C. The van der Waals surface area contributed by atoms with Crippen LogP contribution in [0.2, 0.25) is 0 Å². The van der Waals surface area contributed by atoms with Crippen molar-refractivity contribution in [2.45, 2.75) is 24.4 Å². The lowest BCUT2D eigenvalue weighted by atomic mass is 10.2. The van der Waals surface area contributed by atoms with Gasteiger partial charge < -0.3 is 14.0 Å². The molecule has 0 amide bonds. The molecular formula is C16H15F2N3O3S. The molecule has 1 unspecified atom stereocenters. The Morgan fingerprint density at radius 1 is 1.32 bits per heavy atom. The van der Waals surface area contributed by atoms with Crippen molar-refractivity contribution in [3.05, 3.63) is 41.7 Å². The van der Waals surface area contributed by atoms with E-state index in [1.807, 2.05) is 6.92 Å². The van der Waals surface area contributed by atoms with Crippen LogP contribution in [-0.4, -0.2) is 33.2 Å². The summed E-state index contributed by atoms with van der Waals surface area (Å²) in [6.07, 6.45) is 1.65. The average molecular weight is 367 g/mol. The van der Waals surface area contributed by atoms with Crippen LogP contribution in [0.4, 0.5) is 8.78 Å². The van der Waals surface area contributed by atoms with Gasteiger partial charge in [0.25, 0.3) is 0 Å². The summed E-state index contributed by atoms with van der Waals surface area (Å²) >= 11 is -1.47. The van der Waals surface area contributed by atoms with E-state index in [1.165, 1.54) is 12.1 Å². The molecule has 0 aliphatic carbocycles. The summed E-state index contributed by atoms with van der Waals surface area (Å²) < 4.78 is 46.6. The standard InChI is InChI=1S/C16H15F2N3O3S/c1-9-7-19-10(5-14(9)23-2)8-25(22)16-20-12-4-3-11(24-15(17)18)6-13(12)21-16/h3-7,15H,8H2,1-2H3,(H,20,21). The third-order valence-corrected chi connectivity index (χ3v) is 4.67. The molecule has 6 nitrogen and oxygen atoms in total. The maximum absolute atomic E-state index is 12.5. The van der Waals surface area contributed by atoms with Crippen molar-refractivity contribution in [3.8, 4) is 11.5 Å². The molecule has 0 saturated carbocycles. The Balaban J connectivity index is 1.81. The molecule has 0 radical (unpaired) electrons. The molecule has 2 heterocycles. The first-order valence-electron chi connectivity index (χ1n) is 7.28. The lowest BCUT2D eigenvalue weighted by Gasteiger charge is -2.09. The molecule has 0 aliphatic rings. The Morgan fingerprint density at radius 2 is 2.12 bits per heavy atom. The fourth-order valence-electron chi connectivity index (χ4n) is 2.29. The van der Waals surface area contributed by atoms with E-state index in [-0.39, 0.29) is 16.7 Å². The van der Waals surface area contributed by atoms with Crippen LogP contribution in [0.3, 0.4) is 0 Å². The van der Waals surface area contributed by atoms with Crippen molar-refractivity contribution >= 4 is 22.2 Å². The monoisotopic (exact) mass is 367 g/mol. The smallest absolute Gasteiger partial charge is 0.387 e. The van der Waals surface area contributed by atoms with E-state index in [0.29, 0.717) is 22.5 Å². The highest BCUT2D eigenvalue weighted by Gasteiger charge is 2.19. The molecule has 1 atom stereocenters. The second kappa shape index (κ2) is 7.24. The van der Waals surface area contributed by atoms with Crippen LogP contribution >= 0.6 is 0 Å². The minimum absolute atomic E-state index is 0.00345. The fraction of sp³-hybridized carbons (Fsp3) is 0.250. The van der Waals surface area contributed by atoms with E-state index < -0.39 is 17.8 Å². The maximum Gasteiger partial charge on any atom is 0.387 e. The molecule has 3 rings (SSSR count). The molecule has 2 aromatic heterocycles. The zero-order valence-corrected chi connectivity index (χ0v) is 14.3. The number of methoxy groups -OCH3 is 1. The Morgan fingerprint density at radius 3 is 2.84 bits per heavy atom. The topological polar surface area (TPSA) is 83.1 Å². The number of nitrogens with one attached hydrogen (secondary N) is 1. The number of aromatic amines is 1. The first-order valence-corrected chi connectivity index (χ1v) is 8.60. The number of pyridine rings is 1. The van der Waals surface area contributed by atoms with Gasteiger partial charge in [0.1, 0.15) is 11.5 Å². The summed E-state index contributed by atoms with van der Waals surface area (Å²) in [5.41, 5.74) is 2.46. The van der Waals surface area contributed by atoms with E-state index in [0.717, 1.165) is 5.56 Å². The van der Waals surface area contributed by atoms with E-state index in [1.54, 1.807) is 25.4 Å². The Bertz CT molecular complexity index is 888. The van der Waals surface area contributed by atoms with Crippen LogP contribution in [0.1, 0.15) is 11.3 Å². The van der Waals surface area contributed by atoms with Crippen molar-refractivity contribution in [1.82, 2.24) is 15.0 Å². The summed E-state index contributed by atoms with van der Waals surface area (Å²) in [4.78, 5) is 11.4. The number of fused-ring (bicyclic) bond motifs is 1. The lowest BCUT2D eigenvalue weighted by Crippen LogP contribution is -2.08. The van der Waals surface area contributed by atoms with Gasteiger partial charge >= 0.3 is 11.8 Å². The third-order valence-electron chi connectivity index (χ3n) is 3.48. The largest absolute Gasteiger partial charge is 0.609 e. The van der Waals surface area contributed by atoms with Gasteiger partial charge in [-0.25, -0.2) is 0 Å². The Hall–Kier alpha value is -2.39. The number of ether oxygens (including phenoxy) is 2. The zero-order valence-electron chi connectivity index (χ0n) is 13.5. The number of aryl methyl sites for hydroxylation is 1. The van der Waals surface area contributed by atoms with Gasteiger partial charge in [0.15, 0.2) is 5.75 Å². The normalized spacial score (nSPS) is 12.6. The van der Waals surface area contributed by atoms with E-state index in [2.05, 4.69) is 19.7 Å². The van der Waals surface area contributed by atoms with Crippen LogP contribution in [0.15, 0.2) is 35.6 Å². The summed E-state index contributed by atoms with van der Waals surface area (Å²) in [6, 6.07) is 6.04. The average Bonchev–Trinajstić information content (AvgIpc) is 2.99. The number of H-pyrrole nitrogens is 1. The van der Waals surface area contributed by atoms with Crippen LogP contribution in [0.25, 0.3) is 11.0 Å². The van der Waals surface area contributed by atoms with Gasteiger partial charge in [0.05, 0.1) is 23.8 Å². The number of aromatic nitrogens is 3. The van der Waals surface area contributed by atoms with Crippen LogP contribution < -0.4 is 9.47 Å². The van der Waals surface area contributed by atoms with Gasteiger partial charge in [-0.3, -0.25) is 9.97 Å². The molecule has 0 saturated heterocycles. The predicted molar refractivity (Wildman–Crippen MR) is 88.4 cm³/mol. The van der Waals surface area contributed by atoms with Crippen molar-refractivity contribution in [2.75, 3.05) is 7.11 Å². The van der Waals surface area contributed by atoms with Crippen LogP contribution in [0.5, 0.6) is 11.5 Å². The molecule has 0 spiro atoms. The number of imidazole rings is 1. The quantitative estimate of drug-likeness (QED) is 0.677. The molecule has 132 valence electrons. The molecule has 1 N–H and O–H groups in total. The van der Waals surface area contributed by atoms with Crippen molar-refractivity contribution in [3.63, 3.8) is 0 Å². The molecule has 3 aromatic rings. The number of alkyl halides is 2. The fourth-order valence-corrected chi connectivity index (χ4v) is 3.28. The number of nitrogens with zero attached hydrogens (tertiary/aromatic N) is 2. The number of hydrogen-bond donors (Lipinski definition) is 1. The lowest BCUT2D eigenvalue weighted by molar-refractivity contribution is -0.0497. The van der Waals surface area contributed by atoms with Crippen molar-refractivity contribution in [2.24, 2.45) is 0 Å². The van der Waals surface area contributed by atoms with Crippen LogP contribution in [0, 0.1) is 6.92 Å². The Labute approximate surface area is 145 Å². The number of benzene rings is 1.